The molecule has 8 heteroatoms. The standard InChI is InChI=1S/C13H20N2O5S/c1-9-13(16,5-6-20-9)8-15-21(17,18)12-7-10(14)3-4-11(12)19-2/h3-4,7,9,15-16H,5-6,8,14H2,1-2H3. The third-order valence-corrected chi connectivity index (χ3v) is 5.13. The lowest BCUT2D eigenvalue weighted by Gasteiger charge is -2.26. The molecule has 2 unspecified atom stereocenters. The molecule has 7 nitrogen and oxygen atoms in total. The lowest BCUT2D eigenvalue weighted by atomic mass is 9.97. The highest BCUT2D eigenvalue weighted by atomic mass is 32.2. The summed E-state index contributed by atoms with van der Waals surface area (Å²) in [7, 11) is -2.47. The van der Waals surface area contributed by atoms with E-state index in [1.165, 1.54) is 19.2 Å². The molecule has 0 aromatic heterocycles. The molecule has 0 bridgehead atoms. The second-order valence-electron chi connectivity index (χ2n) is 5.10. The molecule has 1 aliphatic rings. The second kappa shape index (κ2) is 5.80. The highest BCUT2D eigenvalue weighted by Gasteiger charge is 2.40. The number of nitrogens with two attached hydrogens (primary N) is 1. The topological polar surface area (TPSA) is 111 Å². The number of ether oxygens (including phenoxy) is 2. The van der Waals surface area contributed by atoms with E-state index < -0.39 is 21.7 Å². The Kier molecular flexibility index (Phi) is 4.43. The average molecular weight is 316 g/mol. The molecule has 1 heterocycles. The Morgan fingerprint density at radius 2 is 2.29 bits per heavy atom. The number of aliphatic hydroxyl groups is 1. The van der Waals surface area contributed by atoms with E-state index in [1.54, 1.807) is 13.0 Å². The number of rotatable bonds is 5. The molecule has 1 fully saturated rings. The Labute approximate surface area is 124 Å². The van der Waals surface area contributed by atoms with Crippen LogP contribution in [0, 0.1) is 0 Å². The Bertz CT molecular complexity index is 619. The van der Waals surface area contributed by atoms with E-state index in [4.69, 9.17) is 15.2 Å². The maximum Gasteiger partial charge on any atom is 0.244 e. The number of sulfonamides is 1. The summed E-state index contributed by atoms with van der Waals surface area (Å²) >= 11 is 0. The number of anilines is 1. The van der Waals surface area contributed by atoms with Crippen LogP contribution in [0.15, 0.2) is 23.1 Å². The number of benzene rings is 1. The van der Waals surface area contributed by atoms with Gasteiger partial charge >= 0.3 is 0 Å². The quantitative estimate of drug-likeness (QED) is 0.664. The number of nitrogens with one attached hydrogen (secondary N) is 1. The average Bonchev–Trinajstić information content (AvgIpc) is 2.77. The molecule has 21 heavy (non-hydrogen) atoms. The van der Waals surface area contributed by atoms with Crippen LogP contribution < -0.4 is 15.2 Å². The highest BCUT2D eigenvalue weighted by molar-refractivity contribution is 7.89. The van der Waals surface area contributed by atoms with Crippen LogP contribution in [0.1, 0.15) is 13.3 Å². The van der Waals surface area contributed by atoms with Gasteiger partial charge in [0.05, 0.1) is 13.2 Å². The monoisotopic (exact) mass is 316 g/mol. The van der Waals surface area contributed by atoms with E-state index in [9.17, 15) is 13.5 Å². The predicted molar refractivity (Wildman–Crippen MR) is 77.6 cm³/mol. The minimum absolute atomic E-state index is 0.0554. The fourth-order valence-corrected chi connectivity index (χ4v) is 3.51. The Hall–Kier alpha value is -1.35. The lowest BCUT2D eigenvalue weighted by molar-refractivity contribution is -0.0228. The highest BCUT2D eigenvalue weighted by Crippen LogP contribution is 2.28. The molecule has 1 aromatic rings. The van der Waals surface area contributed by atoms with Crippen LogP contribution in [0.3, 0.4) is 0 Å². The zero-order chi connectivity index (χ0) is 15.7. The third-order valence-electron chi connectivity index (χ3n) is 3.71. The molecular weight excluding hydrogens is 296 g/mol. The van der Waals surface area contributed by atoms with Gasteiger partial charge in [-0.2, -0.15) is 0 Å². The molecule has 0 aliphatic carbocycles. The van der Waals surface area contributed by atoms with Crippen molar-refractivity contribution in [2.24, 2.45) is 0 Å². The van der Waals surface area contributed by atoms with Crippen molar-refractivity contribution in [3.05, 3.63) is 18.2 Å². The van der Waals surface area contributed by atoms with Crippen molar-refractivity contribution >= 4 is 15.7 Å². The maximum absolute atomic E-state index is 12.4. The fraction of sp³-hybridized carbons (Fsp3) is 0.538. The Morgan fingerprint density at radius 1 is 1.57 bits per heavy atom. The fourth-order valence-electron chi connectivity index (χ4n) is 2.20. The number of methoxy groups -OCH3 is 1. The first kappa shape index (κ1) is 16.0. The summed E-state index contributed by atoms with van der Waals surface area (Å²) in [5.74, 6) is 0.194. The normalized spacial score (nSPS) is 26.0. The first-order chi connectivity index (χ1) is 9.78. The van der Waals surface area contributed by atoms with Gasteiger partial charge in [0.25, 0.3) is 0 Å². The molecule has 2 atom stereocenters. The van der Waals surface area contributed by atoms with Crippen molar-refractivity contribution in [3.8, 4) is 5.75 Å². The van der Waals surface area contributed by atoms with Gasteiger partial charge in [-0.25, -0.2) is 13.1 Å². The largest absolute Gasteiger partial charge is 0.495 e. The van der Waals surface area contributed by atoms with Crippen molar-refractivity contribution < 1.29 is 23.0 Å². The number of hydrogen-bond acceptors (Lipinski definition) is 6. The van der Waals surface area contributed by atoms with E-state index in [0.29, 0.717) is 18.7 Å². The van der Waals surface area contributed by atoms with Crippen molar-refractivity contribution in [1.29, 1.82) is 0 Å². The molecule has 0 radical (unpaired) electrons. The van der Waals surface area contributed by atoms with Gasteiger partial charge in [-0.15, -0.1) is 0 Å². The van der Waals surface area contributed by atoms with Crippen molar-refractivity contribution in [3.63, 3.8) is 0 Å². The van der Waals surface area contributed by atoms with Gasteiger partial charge in [-0.05, 0) is 25.1 Å². The first-order valence-electron chi connectivity index (χ1n) is 6.56. The third kappa shape index (κ3) is 3.29. The van der Waals surface area contributed by atoms with Gasteiger partial charge in [-0.3, -0.25) is 0 Å². The van der Waals surface area contributed by atoms with Gasteiger partial charge in [0.2, 0.25) is 10.0 Å². The summed E-state index contributed by atoms with van der Waals surface area (Å²) in [5, 5.41) is 10.3. The molecule has 0 spiro atoms. The molecule has 0 amide bonds. The summed E-state index contributed by atoms with van der Waals surface area (Å²) < 4.78 is 37.5. The van der Waals surface area contributed by atoms with E-state index in [-0.39, 0.29) is 17.2 Å². The molecule has 1 aliphatic heterocycles. The van der Waals surface area contributed by atoms with Gasteiger partial charge in [-0.1, -0.05) is 0 Å². The zero-order valence-corrected chi connectivity index (χ0v) is 12.8. The van der Waals surface area contributed by atoms with Gasteiger partial charge in [0.15, 0.2) is 0 Å². The minimum atomic E-state index is -3.85. The van der Waals surface area contributed by atoms with Crippen LogP contribution in [0.2, 0.25) is 0 Å². The molecule has 1 saturated heterocycles. The second-order valence-corrected chi connectivity index (χ2v) is 6.84. The first-order valence-corrected chi connectivity index (χ1v) is 8.04. The SMILES string of the molecule is COc1ccc(N)cc1S(=O)(=O)NCC1(O)CCOC1C. The van der Waals surface area contributed by atoms with Gasteiger partial charge in [0, 0.05) is 25.3 Å². The number of nitrogen functional groups attached to an aromatic ring is 1. The van der Waals surface area contributed by atoms with Crippen molar-refractivity contribution in [1.82, 2.24) is 4.72 Å². The van der Waals surface area contributed by atoms with Crippen LogP contribution in [-0.2, 0) is 14.8 Å². The van der Waals surface area contributed by atoms with Gasteiger partial charge in [0.1, 0.15) is 16.2 Å². The lowest BCUT2D eigenvalue weighted by Crippen LogP contribution is -2.47. The summed E-state index contributed by atoms with van der Waals surface area (Å²) in [5.41, 5.74) is 4.73. The molecule has 4 N–H and O–H groups in total. The van der Waals surface area contributed by atoms with E-state index in [0.717, 1.165) is 0 Å². The summed E-state index contributed by atoms with van der Waals surface area (Å²) in [6, 6.07) is 4.36. The smallest absolute Gasteiger partial charge is 0.244 e. The van der Waals surface area contributed by atoms with Crippen molar-refractivity contribution in [2.45, 2.75) is 29.9 Å². The Morgan fingerprint density at radius 3 is 2.86 bits per heavy atom. The van der Waals surface area contributed by atoms with Crippen LogP contribution in [0.4, 0.5) is 5.69 Å². The molecule has 0 saturated carbocycles. The van der Waals surface area contributed by atoms with Crippen LogP contribution in [0.5, 0.6) is 5.75 Å². The Balaban J connectivity index is 2.21. The zero-order valence-electron chi connectivity index (χ0n) is 12.0. The van der Waals surface area contributed by atoms with Crippen LogP contribution >= 0.6 is 0 Å². The molecular formula is C13H20N2O5S. The van der Waals surface area contributed by atoms with Crippen LogP contribution in [0.25, 0.3) is 0 Å². The van der Waals surface area contributed by atoms with Crippen molar-refractivity contribution in [2.75, 3.05) is 26.0 Å². The minimum Gasteiger partial charge on any atom is -0.495 e. The molecule has 2 rings (SSSR count). The van der Waals surface area contributed by atoms with E-state index in [1.807, 2.05) is 0 Å². The summed E-state index contributed by atoms with van der Waals surface area (Å²) in [6.07, 6.45) is -0.0481. The predicted octanol–water partition coefficient (Wildman–Crippen LogP) is 0.0956. The van der Waals surface area contributed by atoms with E-state index >= 15 is 0 Å². The molecule has 1 aromatic carbocycles. The maximum atomic E-state index is 12.4. The van der Waals surface area contributed by atoms with Gasteiger partial charge < -0.3 is 20.3 Å². The van der Waals surface area contributed by atoms with Crippen LogP contribution in [-0.4, -0.2) is 45.5 Å². The summed E-state index contributed by atoms with van der Waals surface area (Å²) in [4.78, 5) is -0.0554. The number of hydrogen-bond donors (Lipinski definition) is 3. The van der Waals surface area contributed by atoms with E-state index in [2.05, 4.69) is 4.72 Å². The summed E-state index contributed by atoms with van der Waals surface area (Å²) in [6.45, 7) is 1.98. The molecule has 118 valence electrons.